The number of halogens is 1. The van der Waals surface area contributed by atoms with Crippen molar-refractivity contribution in [1.29, 1.82) is 0 Å². The zero-order valence-corrected chi connectivity index (χ0v) is 10.4. The maximum Gasteiger partial charge on any atom is 0.225 e. The molecule has 0 saturated carbocycles. The lowest BCUT2D eigenvalue weighted by atomic mass is 10.2. The molecule has 0 atom stereocenters. The van der Waals surface area contributed by atoms with Crippen LogP contribution in [0, 0.1) is 0 Å². The van der Waals surface area contributed by atoms with E-state index in [1.807, 2.05) is 0 Å². The van der Waals surface area contributed by atoms with Gasteiger partial charge in [0, 0.05) is 25.4 Å². The first-order valence-corrected chi connectivity index (χ1v) is 5.88. The lowest BCUT2D eigenvalue weighted by molar-refractivity contribution is -0.116. The molecule has 0 radical (unpaired) electrons. The summed E-state index contributed by atoms with van der Waals surface area (Å²) in [5.41, 5.74) is 6.60. The average molecular weight is 265 g/mol. The molecule has 2 aromatic rings. The third-order valence-corrected chi connectivity index (χ3v) is 2.67. The highest BCUT2D eigenvalue weighted by molar-refractivity contribution is 6.33. The fraction of sp³-hybridized carbons (Fsp3) is 0.167. The van der Waals surface area contributed by atoms with Gasteiger partial charge in [0.25, 0.3) is 0 Å². The summed E-state index contributed by atoms with van der Waals surface area (Å²) in [6.07, 6.45) is 3.68. The van der Waals surface area contributed by atoms with Gasteiger partial charge in [0.2, 0.25) is 5.91 Å². The Morgan fingerprint density at radius 2 is 2.28 bits per heavy atom. The number of amides is 1. The molecule has 1 aromatic carbocycles. The number of para-hydroxylation sites is 1. The van der Waals surface area contributed by atoms with Crippen LogP contribution in [0.3, 0.4) is 0 Å². The number of nitrogens with two attached hydrogens (primary N) is 1. The smallest absolute Gasteiger partial charge is 0.225 e. The van der Waals surface area contributed by atoms with E-state index in [4.69, 9.17) is 17.3 Å². The summed E-state index contributed by atoms with van der Waals surface area (Å²) < 4.78 is 1.61. The van der Waals surface area contributed by atoms with Gasteiger partial charge in [0.1, 0.15) is 5.69 Å². The standard InChI is InChI=1S/C12H13ClN4O/c13-9-3-1-4-10(16-11(18)5-6-14)12(9)17-8-2-7-15-17/h1-4,7-8H,5-6,14H2,(H,16,18). The van der Waals surface area contributed by atoms with E-state index in [2.05, 4.69) is 10.4 Å². The molecule has 0 unspecified atom stereocenters. The van der Waals surface area contributed by atoms with E-state index in [9.17, 15) is 4.79 Å². The van der Waals surface area contributed by atoms with Gasteiger partial charge in [-0.25, -0.2) is 4.68 Å². The number of aromatic nitrogens is 2. The van der Waals surface area contributed by atoms with Gasteiger partial charge in [-0.3, -0.25) is 4.79 Å². The molecule has 6 heteroatoms. The molecular formula is C12H13ClN4O. The molecule has 2 rings (SSSR count). The summed E-state index contributed by atoms with van der Waals surface area (Å²) in [6.45, 7) is 0.309. The van der Waals surface area contributed by atoms with Gasteiger partial charge in [-0.1, -0.05) is 17.7 Å². The molecule has 0 aliphatic carbocycles. The van der Waals surface area contributed by atoms with Gasteiger partial charge >= 0.3 is 0 Å². The second-order valence-corrected chi connectivity index (χ2v) is 4.08. The van der Waals surface area contributed by atoms with E-state index < -0.39 is 0 Å². The van der Waals surface area contributed by atoms with Gasteiger partial charge in [0.05, 0.1) is 10.7 Å². The van der Waals surface area contributed by atoms with E-state index in [0.29, 0.717) is 22.9 Å². The molecule has 0 aliphatic heterocycles. The van der Waals surface area contributed by atoms with Crippen LogP contribution in [0.15, 0.2) is 36.7 Å². The third-order valence-electron chi connectivity index (χ3n) is 2.37. The van der Waals surface area contributed by atoms with Crippen molar-refractivity contribution in [3.05, 3.63) is 41.7 Å². The highest BCUT2D eigenvalue weighted by atomic mass is 35.5. The van der Waals surface area contributed by atoms with Crippen LogP contribution in [-0.2, 0) is 4.79 Å². The van der Waals surface area contributed by atoms with Crippen molar-refractivity contribution in [2.24, 2.45) is 5.73 Å². The molecule has 0 spiro atoms. The number of carbonyl (C=O) groups excluding carboxylic acids is 1. The zero-order chi connectivity index (χ0) is 13.0. The van der Waals surface area contributed by atoms with Crippen LogP contribution in [0.4, 0.5) is 5.69 Å². The second-order valence-electron chi connectivity index (χ2n) is 3.67. The molecule has 0 saturated heterocycles. The van der Waals surface area contributed by atoms with E-state index in [1.165, 1.54) is 0 Å². The quantitative estimate of drug-likeness (QED) is 0.885. The minimum absolute atomic E-state index is 0.145. The molecule has 94 valence electrons. The van der Waals surface area contributed by atoms with Gasteiger partial charge < -0.3 is 11.1 Å². The van der Waals surface area contributed by atoms with Gasteiger partial charge in [0.15, 0.2) is 0 Å². The Hall–Kier alpha value is -1.85. The molecule has 5 nitrogen and oxygen atoms in total. The number of nitrogens with zero attached hydrogens (tertiary/aromatic N) is 2. The van der Waals surface area contributed by atoms with Crippen molar-refractivity contribution in [3.8, 4) is 5.69 Å². The Kier molecular flexibility index (Phi) is 3.96. The molecule has 1 amide bonds. The predicted octanol–water partition coefficient (Wildman–Crippen LogP) is 1.81. The van der Waals surface area contributed by atoms with Crippen molar-refractivity contribution in [2.75, 3.05) is 11.9 Å². The molecule has 0 aliphatic rings. The number of hydrogen-bond donors (Lipinski definition) is 2. The maximum absolute atomic E-state index is 11.6. The van der Waals surface area contributed by atoms with Crippen LogP contribution in [0.25, 0.3) is 5.69 Å². The topological polar surface area (TPSA) is 72.9 Å². The normalized spacial score (nSPS) is 10.3. The summed E-state index contributed by atoms with van der Waals surface area (Å²) in [5.74, 6) is -0.145. The summed E-state index contributed by atoms with van der Waals surface area (Å²) in [6, 6.07) is 7.08. The fourth-order valence-electron chi connectivity index (χ4n) is 1.59. The van der Waals surface area contributed by atoms with E-state index in [-0.39, 0.29) is 12.3 Å². The van der Waals surface area contributed by atoms with Crippen LogP contribution in [0.1, 0.15) is 6.42 Å². The highest BCUT2D eigenvalue weighted by Gasteiger charge is 2.11. The predicted molar refractivity (Wildman–Crippen MR) is 70.9 cm³/mol. The largest absolute Gasteiger partial charge is 0.330 e. The number of hydrogen-bond acceptors (Lipinski definition) is 3. The van der Waals surface area contributed by atoms with E-state index >= 15 is 0 Å². The lowest BCUT2D eigenvalue weighted by Crippen LogP contribution is -2.17. The summed E-state index contributed by atoms with van der Waals surface area (Å²) >= 11 is 6.14. The van der Waals surface area contributed by atoms with Crippen molar-refractivity contribution in [3.63, 3.8) is 0 Å². The second kappa shape index (κ2) is 5.66. The summed E-state index contributed by atoms with van der Waals surface area (Å²) in [5, 5.41) is 7.41. The monoisotopic (exact) mass is 264 g/mol. The molecular weight excluding hydrogens is 252 g/mol. The minimum atomic E-state index is -0.145. The zero-order valence-electron chi connectivity index (χ0n) is 9.64. The Labute approximate surface area is 110 Å². The SMILES string of the molecule is NCCC(=O)Nc1cccc(Cl)c1-n1cccn1. The third kappa shape index (κ3) is 2.69. The first-order valence-electron chi connectivity index (χ1n) is 5.51. The molecule has 0 fully saturated rings. The number of anilines is 1. The van der Waals surface area contributed by atoms with Crippen molar-refractivity contribution < 1.29 is 4.79 Å². The first kappa shape index (κ1) is 12.6. The number of nitrogens with one attached hydrogen (secondary N) is 1. The van der Waals surface area contributed by atoms with Gasteiger partial charge in [-0.15, -0.1) is 0 Å². The van der Waals surface area contributed by atoms with Crippen molar-refractivity contribution in [2.45, 2.75) is 6.42 Å². The average Bonchev–Trinajstić information content (AvgIpc) is 2.82. The maximum atomic E-state index is 11.6. The fourth-order valence-corrected chi connectivity index (χ4v) is 1.86. The number of benzene rings is 1. The molecule has 1 aromatic heterocycles. The molecule has 1 heterocycles. The van der Waals surface area contributed by atoms with Crippen LogP contribution in [-0.4, -0.2) is 22.2 Å². The number of carbonyl (C=O) groups is 1. The Bertz CT molecular complexity index is 539. The van der Waals surface area contributed by atoms with Crippen LogP contribution >= 0.6 is 11.6 Å². The molecule has 18 heavy (non-hydrogen) atoms. The van der Waals surface area contributed by atoms with Gasteiger partial charge in [-0.2, -0.15) is 5.10 Å². The van der Waals surface area contributed by atoms with E-state index in [0.717, 1.165) is 0 Å². The van der Waals surface area contributed by atoms with Gasteiger partial charge in [-0.05, 0) is 18.2 Å². The molecule has 3 N–H and O–H groups in total. The molecule has 0 bridgehead atoms. The van der Waals surface area contributed by atoms with Crippen LogP contribution in [0.5, 0.6) is 0 Å². The summed E-state index contributed by atoms with van der Waals surface area (Å²) in [7, 11) is 0. The van der Waals surface area contributed by atoms with Crippen LogP contribution in [0.2, 0.25) is 5.02 Å². The van der Waals surface area contributed by atoms with Crippen LogP contribution < -0.4 is 11.1 Å². The lowest BCUT2D eigenvalue weighted by Gasteiger charge is -2.12. The Morgan fingerprint density at radius 3 is 2.94 bits per heavy atom. The van der Waals surface area contributed by atoms with Crippen molar-refractivity contribution >= 4 is 23.2 Å². The summed E-state index contributed by atoms with van der Waals surface area (Å²) in [4.78, 5) is 11.6. The van der Waals surface area contributed by atoms with Crippen molar-refractivity contribution in [1.82, 2.24) is 9.78 Å². The highest BCUT2D eigenvalue weighted by Crippen LogP contribution is 2.27. The van der Waals surface area contributed by atoms with E-state index in [1.54, 1.807) is 41.3 Å². The first-order chi connectivity index (χ1) is 8.72. The minimum Gasteiger partial charge on any atom is -0.330 e. The Morgan fingerprint density at radius 1 is 1.44 bits per heavy atom. The Balaban J connectivity index is 2.36. The number of rotatable bonds is 4.